The fourth-order valence-electron chi connectivity index (χ4n) is 3.59. The molecule has 0 spiro atoms. The van der Waals surface area contributed by atoms with Gasteiger partial charge in [-0.25, -0.2) is 0 Å². The Hall–Kier alpha value is -2.66. The van der Waals surface area contributed by atoms with Gasteiger partial charge in [0.05, 0.1) is 0 Å². The van der Waals surface area contributed by atoms with Crippen molar-refractivity contribution in [3.63, 3.8) is 0 Å². The molecule has 5 nitrogen and oxygen atoms in total. The summed E-state index contributed by atoms with van der Waals surface area (Å²) in [5.41, 5.74) is 2.93. The number of rotatable bonds is 7. The van der Waals surface area contributed by atoms with Gasteiger partial charge in [-0.15, -0.1) is 0 Å². The monoisotopic (exact) mass is 379 g/mol. The van der Waals surface area contributed by atoms with Crippen molar-refractivity contribution in [3.8, 4) is 0 Å². The molecular weight excluding hydrogens is 350 g/mol. The highest BCUT2D eigenvalue weighted by molar-refractivity contribution is 5.95. The minimum atomic E-state index is -0.125. The summed E-state index contributed by atoms with van der Waals surface area (Å²) in [6, 6.07) is 18.2. The number of nitrogens with one attached hydrogen (secondary N) is 2. The molecule has 1 saturated heterocycles. The second-order valence-corrected chi connectivity index (χ2v) is 7.42. The number of aryl methyl sites for hydroxylation is 1. The second kappa shape index (κ2) is 10.0. The summed E-state index contributed by atoms with van der Waals surface area (Å²) in [4.78, 5) is 26.8. The lowest BCUT2D eigenvalue weighted by Gasteiger charge is -2.32. The van der Waals surface area contributed by atoms with Crippen LogP contribution in [0.25, 0.3) is 0 Å². The number of benzene rings is 2. The fraction of sp³-hybridized carbons (Fsp3) is 0.391. The average Bonchev–Trinajstić information content (AvgIpc) is 2.70. The Labute approximate surface area is 167 Å². The number of hydrogen-bond donors (Lipinski definition) is 2. The van der Waals surface area contributed by atoms with Gasteiger partial charge in [-0.3, -0.25) is 14.5 Å². The summed E-state index contributed by atoms with van der Waals surface area (Å²) >= 11 is 0. The van der Waals surface area contributed by atoms with Crippen LogP contribution in [-0.4, -0.2) is 42.4 Å². The minimum absolute atomic E-state index is 0.00610. The van der Waals surface area contributed by atoms with Crippen LogP contribution >= 0.6 is 0 Å². The summed E-state index contributed by atoms with van der Waals surface area (Å²) in [5, 5.41) is 5.95. The van der Waals surface area contributed by atoms with Crippen molar-refractivity contribution in [2.45, 2.75) is 38.8 Å². The number of amides is 2. The predicted molar refractivity (Wildman–Crippen MR) is 111 cm³/mol. The largest absolute Gasteiger partial charge is 0.353 e. The standard InChI is InChI=1S/C23H29N3O2/c1-18-7-5-6-10-21(18)23(28)24-14-11-22(27)25-20-12-15-26(16-13-20)17-19-8-3-2-4-9-19/h2-10,20H,11-17H2,1H3,(H,24,28)(H,25,27). The third kappa shape index (κ3) is 5.92. The van der Waals surface area contributed by atoms with Gasteiger partial charge in [-0.05, 0) is 37.0 Å². The smallest absolute Gasteiger partial charge is 0.251 e. The third-order valence-corrected chi connectivity index (χ3v) is 5.23. The zero-order chi connectivity index (χ0) is 19.8. The summed E-state index contributed by atoms with van der Waals surface area (Å²) in [6.07, 6.45) is 2.24. The average molecular weight is 380 g/mol. The van der Waals surface area contributed by atoms with Crippen molar-refractivity contribution in [2.24, 2.45) is 0 Å². The van der Waals surface area contributed by atoms with E-state index < -0.39 is 0 Å². The van der Waals surface area contributed by atoms with Crippen LogP contribution < -0.4 is 10.6 Å². The Bertz CT molecular complexity index is 783. The molecule has 5 heteroatoms. The number of piperidine rings is 1. The maximum Gasteiger partial charge on any atom is 0.251 e. The van der Waals surface area contributed by atoms with Crippen molar-refractivity contribution >= 4 is 11.8 Å². The Balaban J connectivity index is 1.33. The van der Waals surface area contributed by atoms with Gasteiger partial charge >= 0.3 is 0 Å². The van der Waals surface area contributed by atoms with Crippen LogP contribution in [0.2, 0.25) is 0 Å². The van der Waals surface area contributed by atoms with E-state index in [4.69, 9.17) is 0 Å². The lowest BCUT2D eigenvalue weighted by Crippen LogP contribution is -2.45. The van der Waals surface area contributed by atoms with Crippen LogP contribution in [-0.2, 0) is 11.3 Å². The highest BCUT2D eigenvalue weighted by Crippen LogP contribution is 2.14. The molecule has 2 aromatic rings. The molecule has 0 bridgehead atoms. The summed E-state index contributed by atoms with van der Waals surface area (Å²) < 4.78 is 0. The SMILES string of the molecule is Cc1ccccc1C(=O)NCCC(=O)NC1CCN(Cc2ccccc2)CC1. The topological polar surface area (TPSA) is 61.4 Å². The molecule has 1 heterocycles. The lowest BCUT2D eigenvalue weighted by molar-refractivity contribution is -0.122. The first-order valence-corrected chi connectivity index (χ1v) is 10.0. The van der Waals surface area contributed by atoms with Gasteiger partial charge in [-0.2, -0.15) is 0 Å². The van der Waals surface area contributed by atoms with Gasteiger partial charge in [0.2, 0.25) is 5.91 Å². The van der Waals surface area contributed by atoms with Gasteiger partial charge in [0.25, 0.3) is 5.91 Å². The molecule has 0 radical (unpaired) electrons. The van der Waals surface area contributed by atoms with E-state index in [1.807, 2.05) is 31.2 Å². The summed E-state index contributed by atoms with van der Waals surface area (Å²) in [7, 11) is 0. The fourth-order valence-corrected chi connectivity index (χ4v) is 3.59. The van der Waals surface area contributed by atoms with E-state index in [1.165, 1.54) is 5.56 Å². The first-order chi connectivity index (χ1) is 13.6. The molecule has 0 saturated carbocycles. The molecule has 0 aliphatic carbocycles. The Kier molecular flexibility index (Phi) is 7.20. The molecular formula is C23H29N3O2. The molecule has 1 aliphatic heterocycles. The van der Waals surface area contributed by atoms with E-state index in [0.29, 0.717) is 18.5 Å². The molecule has 148 valence electrons. The Morgan fingerprint density at radius 3 is 2.39 bits per heavy atom. The quantitative estimate of drug-likeness (QED) is 0.778. The van der Waals surface area contributed by atoms with Gasteiger partial charge in [-0.1, -0.05) is 48.5 Å². The number of hydrogen-bond acceptors (Lipinski definition) is 3. The van der Waals surface area contributed by atoms with Crippen LogP contribution in [0.4, 0.5) is 0 Å². The van der Waals surface area contributed by atoms with Crippen LogP contribution in [0.3, 0.4) is 0 Å². The van der Waals surface area contributed by atoms with Crippen LogP contribution in [0, 0.1) is 6.92 Å². The van der Waals surface area contributed by atoms with Crippen molar-refractivity contribution in [3.05, 3.63) is 71.3 Å². The Morgan fingerprint density at radius 1 is 1.00 bits per heavy atom. The summed E-state index contributed by atoms with van der Waals surface area (Å²) in [6.45, 7) is 5.21. The van der Waals surface area contributed by atoms with Crippen molar-refractivity contribution < 1.29 is 9.59 Å². The zero-order valence-corrected chi connectivity index (χ0v) is 16.5. The number of carbonyl (C=O) groups excluding carboxylic acids is 2. The van der Waals surface area contributed by atoms with Gasteiger partial charge in [0.1, 0.15) is 0 Å². The van der Waals surface area contributed by atoms with Crippen LogP contribution in [0.15, 0.2) is 54.6 Å². The van der Waals surface area contributed by atoms with Gasteiger partial charge in [0, 0.05) is 44.2 Å². The maximum absolute atomic E-state index is 12.2. The lowest BCUT2D eigenvalue weighted by atomic mass is 10.0. The normalized spacial score (nSPS) is 15.2. The van der Waals surface area contributed by atoms with Gasteiger partial charge in [0.15, 0.2) is 0 Å². The molecule has 28 heavy (non-hydrogen) atoms. The van der Waals surface area contributed by atoms with Crippen LogP contribution in [0.5, 0.6) is 0 Å². The third-order valence-electron chi connectivity index (χ3n) is 5.23. The van der Waals surface area contributed by atoms with Crippen LogP contribution in [0.1, 0.15) is 40.7 Å². The van der Waals surface area contributed by atoms with E-state index in [9.17, 15) is 9.59 Å². The number of carbonyl (C=O) groups is 2. The molecule has 1 fully saturated rings. The molecule has 2 aromatic carbocycles. The molecule has 2 amide bonds. The van der Waals surface area contributed by atoms with E-state index in [-0.39, 0.29) is 17.9 Å². The zero-order valence-electron chi connectivity index (χ0n) is 16.5. The first-order valence-electron chi connectivity index (χ1n) is 10.0. The second-order valence-electron chi connectivity index (χ2n) is 7.42. The van der Waals surface area contributed by atoms with Crippen molar-refractivity contribution in [2.75, 3.05) is 19.6 Å². The maximum atomic E-state index is 12.2. The molecule has 3 rings (SSSR count). The molecule has 1 aliphatic rings. The molecule has 2 N–H and O–H groups in total. The van der Waals surface area contributed by atoms with E-state index in [0.717, 1.165) is 38.0 Å². The summed E-state index contributed by atoms with van der Waals surface area (Å²) in [5.74, 6) is -0.119. The highest BCUT2D eigenvalue weighted by Gasteiger charge is 2.20. The number of nitrogens with zero attached hydrogens (tertiary/aromatic N) is 1. The predicted octanol–water partition coefficient (Wildman–Crippen LogP) is 2.90. The molecule has 0 aromatic heterocycles. The highest BCUT2D eigenvalue weighted by atomic mass is 16.2. The van der Waals surface area contributed by atoms with E-state index in [2.05, 4.69) is 39.8 Å². The first kappa shape index (κ1) is 20.1. The van der Waals surface area contributed by atoms with Crippen molar-refractivity contribution in [1.82, 2.24) is 15.5 Å². The molecule has 0 atom stereocenters. The van der Waals surface area contributed by atoms with Crippen molar-refractivity contribution in [1.29, 1.82) is 0 Å². The molecule has 0 unspecified atom stereocenters. The van der Waals surface area contributed by atoms with E-state index >= 15 is 0 Å². The minimum Gasteiger partial charge on any atom is -0.353 e. The Morgan fingerprint density at radius 2 is 1.68 bits per heavy atom. The number of likely N-dealkylation sites (tertiary alicyclic amines) is 1. The van der Waals surface area contributed by atoms with E-state index in [1.54, 1.807) is 6.07 Å². The van der Waals surface area contributed by atoms with Gasteiger partial charge < -0.3 is 10.6 Å².